The number of carbonyl (C=O) groups excluding carboxylic acids is 1. The van der Waals surface area contributed by atoms with Crippen LogP contribution in [-0.2, 0) is 4.74 Å². The standard InChI is InChI=1S/C28H32N6O5/c1-17-10-18(14-29)12-20(11-17)33(27(37)39-28(2,3)4)24-13-23(38-21-6-5-9-32(16-21)26(35)36)31-25-22(19-7-8-19)15-30-34(24)25/h10-13,15,19,21H,5-9,16H2,1-4H3,(H,35,36). The van der Waals surface area contributed by atoms with Gasteiger partial charge in [-0.15, -0.1) is 0 Å². The zero-order chi connectivity index (χ0) is 27.9. The van der Waals surface area contributed by atoms with Crippen LogP contribution in [0.3, 0.4) is 0 Å². The lowest BCUT2D eigenvalue weighted by Gasteiger charge is -2.31. The highest BCUT2D eigenvalue weighted by molar-refractivity contribution is 5.96. The molecule has 2 fully saturated rings. The highest BCUT2D eigenvalue weighted by Crippen LogP contribution is 2.43. The van der Waals surface area contributed by atoms with Crippen LogP contribution >= 0.6 is 0 Å². The molecule has 204 valence electrons. The Bertz CT molecular complexity index is 1470. The number of anilines is 2. The minimum absolute atomic E-state index is 0.228. The Balaban J connectivity index is 1.64. The molecule has 1 aliphatic heterocycles. The summed E-state index contributed by atoms with van der Waals surface area (Å²) in [4.78, 5) is 32.8. The number of hydrogen-bond acceptors (Lipinski definition) is 7. The van der Waals surface area contributed by atoms with Crippen LogP contribution in [0.5, 0.6) is 5.88 Å². The van der Waals surface area contributed by atoms with Gasteiger partial charge in [0.25, 0.3) is 0 Å². The number of piperidine rings is 1. The lowest BCUT2D eigenvalue weighted by atomic mass is 10.1. The third-order valence-corrected chi connectivity index (χ3v) is 6.66. The van der Waals surface area contributed by atoms with Crippen molar-refractivity contribution in [3.8, 4) is 11.9 Å². The minimum Gasteiger partial charge on any atom is -0.472 e. The van der Waals surface area contributed by atoms with Gasteiger partial charge < -0.3 is 19.5 Å². The number of likely N-dealkylation sites (tertiary alicyclic amines) is 1. The number of nitriles is 1. The maximum Gasteiger partial charge on any atom is 0.420 e. The van der Waals surface area contributed by atoms with E-state index in [1.165, 1.54) is 9.80 Å². The van der Waals surface area contributed by atoms with E-state index in [4.69, 9.17) is 14.5 Å². The van der Waals surface area contributed by atoms with Crippen molar-refractivity contribution in [3.05, 3.63) is 47.2 Å². The zero-order valence-electron chi connectivity index (χ0n) is 22.5. The summed E-state index contributed by atoms with van der Waals surface area (Å²) in [5.41, 5.74) is 2.39. The van der Waals surface area contributed by atoms with Gasteiger partial charge in [-0.3, -0.25) is 0 Å². The van der Waals surface area contributed by atoms with Crippen molar-refractivity contribution < 1.29 is 24.2 Å². The number of aryl methyl sites for hydroxylation is 1. The monoisotopic (exact) mass is 532 g/mol. The van der Waals surface area contributed by atoms with Crippen LogP contribution in [0.1, 0.15) is 69.1 Å². The van der Waals surface area contributed by atoms with E-state index in [-0.39, 0.29) is 18.5 Å². The first kappa shape index (κ1) is 26.3. The molecule has 11 heteroatoms. The lowest BCUT2D eigenvalue weighted by Crippen LogP contribution is -2.43. The Kier molecular flexibility index (Phi) is 6.80. The summed E-state index contributed by atoms with van der Waals surface area (Å²) in [5, 5.41) is 23.7. The molecule has 39 heavy (non-hydrogen) atoms. The van der Waals surface area contributed by atoms with E-state index in [1.54, 1.807) is 55.7 Å². The van der Waals surface area contributed by atoms with Crippen LogP contribution in [0.4, 0.5) is 21.1 Å². The fourth-order valence-corrected chi connectivity index (χ4v) is 4.82. The Hall–Kier alpha value is -4.33. The van der Waals surface area contributed by atoms with Gasteiger partial charge in [-0.2, -0.15) is 19.9 Å². The Morgan fingerprint density at radius 1 is 1.18 bits per heavy atom. The second-order valence-corrected chi connectivity index (χ2v) is 11.2. The second kappa shape index (κ2) is 10.1. The van der Waals surface area contributed by atoms with Crippen LogP contribution in [0.2, 0.25) is 0 Å². The molecule has 1 saturated heterocycles. The Labute approximate surface area is 226 Å². The molecule has 0 bridgehead atoms. The van der Waals surface area contributed by atoms with Crippen LogP contribution in [0.15, 0.2) is 30.5 Å². The van der Waals surface area contributed by atoms with Crippen molar-refractivity contribution in [3.63, 3.8) is 0 Å². The van der Waals surface area contributed by atoms with Gasteiger partial charge in [-0.1, -0.05) is 0 Å². The molecular weight excluding hydrogens is 500 g/mol. The molecule has 1 unspecified atom stereocenters. The first-order valence-electron chi connectivity index (χ1n) is 13.1. The highest BCUT2D eigenvalue weighted by Gasteiger charge is 2.33. The molecule has 5 rings (SSSR count). The summed E-state index contributed by atoms with van der Waals surface area (Å²) < 4.78 is 13.7. The molecule has 3 heterocycles. The van der Waals surface area contributed by atoms with Gasteiger partial charge in [0.1, 0.15) is 11.7 Å². The largest absolute Gasteiger partial charge is 0.472 e. The Morgan fingerprint density at radius 2 is 1.95 bits per heavy atom. The number of amides is 2. The van der Waals surface area contributed by atoms with Gasteiger partial charge in [0.15, 0.2) is 11.5 Å². The van der Waals surface area contributed by atoms with Crippen LogP contribution < -0.4 is 9.64 Å². The van der Waals surface area contributed by atoms with E-state index < -0.39 is 17.8 Å². The average Bonchev–Trinajstić information content (AvgIpc) is 3.61. The number of carboxylic acid groups (broad SMARTS) is 1. The number of rotatable bonds is 5. The molecule has 1 N–H and O–H groups in total. The summed E-state index contributed by atoms with van der Waals surface area (Å²) in [6, 6.07) is 8.94. The predicted molar refractivity (Wildman–Crippen MR) is 142 cm³/mol. The molecule has 0 spiro atoms. The topological polar surface area (TPSA) is 133 Å². The van der Waals surface area contributed by atoms with Gasteiger partial charge in [0.05, 0.1) is 30.1 Å². The van der Waals surface area contributed by atoms with Crippen LogP contribution in [0, 0.1) is 18.3 Å². The van der Waals surface area contributed by atoms with E-state index in [1.807, 2.05) is 6.92 Å². The van der Waals surface area contributed by atoms with E-state index in [0.29, 0.717) is 48.0 Å². The number of benzene rings is 1. The minimum atomic E-state index is -0.983. The number of nitrogens with zero attached hydrogens (tertiary/aromatic N) is 6. The summed E-state index contributed by atoms with van der Waals surface area (Å²) in [5.74, 6) is 0.935. The van der Waals surface area contributed by atoms with Crippen LogP contribution in [0.25, 0.3) is 5.65 Å². The third-order valence-electron chi connectivity index (χ3n) is 6.66. The van der Waals surface area contributed by atoms with E-state index in [9.17, 15) is 20.0 Å². The fraction of sp³-hybridized carbons (Fsp3) is 0.464. The molecule has 0 radical (unpaired) electrons. The second-order valence-electron chi connectivity index (χ2n) is 11.2. The highest BCUT2D eigenvalue weighted by atomic mass is 16.6. The summed E-state index contributed by atoms with van der Waals surface area (Å²) >= 11 is 0. The van der Waals surface area contributed by atoms with Gasteiger partial charge in [-0.25, -0.2) is 14.5 Å². The number of aromatic nitrogens is 3. The lowest BCUT2D eigenvalue weighted by molar-refractivity contribution is 0.0596. The maximum absolute atomic E-state index is 13.7. The first-order valence-corrected chi connectivity index (χ1v) is 13.1. The molecule has 11 nitrogen and oxygen atoms in total. The van der Waals surface area contributed by atoms with Gasteiger partial charge >= 0.3 is 12.2 Å². The fourth-order valence-electron chi connectivity index (χ4n) is 4.82. The van der Waals surface area contributed by atoms with Gasteiger partial charge in [-0.05, 0) is 83.1 Å². The molecule has 1 atom stereocenters. The van der Waals surface area contributed by atoms with E-state index in [2.05, 4.69) is 11.2 Å². The number of ether oxygens (including phenoxy) is 2. The van der Waals surface area contributed by atoms with E-state index in [0.717, 1.165) is 24.0 Å². The van der Waals surface area contributed by atoms with Crippen molar-refractivity contribution in [2.24, 2.45) is 0 Å². The quantitative estimate of drug-likeness (QED) is 0.463. The smallest absolute Gasteiger partial charge is 0.420 e. The molecule has 1 aliphatic carbocycles. The summed E-state index contributed by atoms with van der Waals surface area (Å²) in [6.45, 7) is 7.89. The van der Waals surface area contributed by atoms with Crippen molar-refractivity contribution in [2.75, 3.05) is 18.0 Å². The molecule has 2 aliphatic rings. The maximum atomic E-state index is 13.7. The molecule has 1 aromatic carbocycles. The van der Waals surface area contributed by atoms with Gasteiger partial charge in [0.2, 0.25) is 5.88 Å². The molecule has 1 saturated carbocycles. The summed E-state index contributed by atoms with van der Waals surface area (Å²) in [7, 11) is 0. The number of hydrogen-bond donors (Lipinski definition) is 1. The zero-order valence-corrected chi connectivity index (χ0v) is 22.5. The first-order chi connectivity index (χ1) is 18.5. The van der Waals surface area contributed by atoms with Crippen molar-refractivity contribution >= 4 is 29.3 Å². The number of carbonyl (C=O) groups is 2. The van der Waals surface area contributed by atoms with Crippen molar-refractivity contribution in [1.29, 1.82) is 5.26 Å². The Morgan fingerprint density at radius 3 is 2.62 bits per heavy atom. The number of fused-ring (bicyclic) bond motifs is 1. The van der Waals surface area contributed by atoms with Gasteiger partial charge in [0, 0.05) is 18.2 Å². The molecule has 2 aromatic heterocycles. The average molecular weight is 533 g/mol. The van der Waals surface area contributed by atoms with Crippen LogP contribution in [-0.4, -0.2) is 61.6 Å². The van der Waals surface area contributed by atoms with Crippen molar-refractivity contribution in [1.82, 2.24) is 19.5 Å². The SMILES string of the molecule is Cc1cc(C#N)cc(N(C(=O)OC(C)(C)C)c2cc(OC3CCCN(C(=O)O)C3)nc3c(C4CC4)cnn23)c1. The van der Waals surface area contributed by atoms with E-state index >= 15 is 0 Å². The molecule has 2 amide bonds. The summed E-state index contributed by atoms with van der Waals surface area (Å²) in [6.07, 6.45) is 3.17. The molecule has 3 aromatic rings. The molecular formula is C28H32N6O5. The van der Waals surface area contributed by atoms with Crippen molar-refractivity contribution in [2.45, 2.75) is 71.0 Å². The third kappa shape index (κ3) is 5.74. The predicted octanol–water partition coefficient (Wildman–Crippen LogP) is 5.38. The normalized spacial score (nSPS) is 17.5.